The summed E-state index contributed by atoms with van der Waals surface area (Å²) in [5, 5.41) is 3.35. The van der Waals surface area contributed by atoms with Crippen LogP contribution in [0.15, 0.2) is 41.0 Å². The number of nitrogens with one attached hydrogen (secondary N) is 1. The molecule has 7 heteroatoms. The van der Waals surface area contributed by atoms with Gasteiger partial charge in [-0.05, 0) is 50.1 Å². The third-order valence-corrected chi connectivity index (χ3v) is 4.44. The van der Waals surface area contributed by atoms with Gasteiger partial charge in [0.05, 0.1) is 30.5 Å². The minimum Gasteiger partial charge on any atom is -0.492 e. The first kappa shape index (κ1) is 18.6. The molecule has 26 heavy (non-hydrogen) atoms. The number of furan rings is 1. The topological polar surface area (TPSA) is 63.9 Å². The Morgan fingerprint density at radius 3 is 2.96 bits per heavy atom. The lowest BCUT2D eigenvalue weighted by molar-refractivity contribution is 0.0803. The van der Waals surface area contributed by atoms with Crippen molar-refractivity contribution < 1.29 is 18.7 Å². The molecule has 3 rings (SSSR count). The van der Waals surface area contributed by atoms with Crippen molar-refractivity contribution in [2.45, 2.75) is 32.4 Å². The van der Waals surface area contributed by atoms with E-state index in [4.69, 9.17) is 25.5 Å². The highest BCUT2D eigenvalue weighted by Gasteiger charge is 2.23. The van der Waals surface area contributed by atoms with Gasteiger partial charge in [-0.15, -0.1) is 0 Å². The Bertz CT molecular complexity index is 714. The zero-order valence-corrected chi connectivity index (χ0v) is 15.5. The third kappa shape index (κ3) is 4.93. The normalized spacial score (nSPS) is 16.5. The van der Waals surface area contributed by atoms with E-state index in [2.05, 4.69) is 5.32 Å². The van der Waals surface area contributed by atoms with Crippen molar-refractivity contribution in [2.75, 3.05) is 25.1 Å². The van der Waals surface area contributed by atoms with Crippen molar-refractivity contribution in [1.82, 2.24) is 4.90 Å². The fourth-order valence-electron chi connectivity index (χ4n) is 2.90. The van der Waals surface area contributed by atoms with Crippen LogP contribution in [-0.4, -0.2) is 36.8 Å². The van der Waals surface area contributed by atoms with Gasteiger partial charge in [0.2, 0.25) is 0 Å². The Morgan fingerprint density at radius 2 is 2.31 bits per heavy atom. The predicted octanol–water partition coefficient (Wildman–Crippen LogP) is 4.54. The number of anilines is 1. The number of nitrogens with zero attached hydrogens (tertiary/aromatic N) is 1. The molecule has 1 aliphatic heterocycles. The molecule has 1 fully saturated rings. The van der Waals surface area contributed by atoms with Crippen LogP contribution in [0.4, 0.5) is 10.5 Å². The van der Waals surface area contributed by atoms with Crippen molar-refractivity contribution in [3.63, 3.8) is 0 Å². The largest absolute Gasteiger partial charge is 0.492 e. The van der Waals surface area contributed by atoms with Crippen LogP contribution in [0, 0.1) is 0 Å². The standard InChI is InChI=1S/C19H23ClN2O4/c1-2-24-18-8-7-14(11-17(18)20)21-19(23)22(12-15-5-3-9-25-15)13-16-6-4-10-26-16/h3,5,7-9,11,16H,2,4,6,10,12-13H2,1H3,(H,21,23). The van der Waals surface area contributed by atoms with Gasteiger partial charge in [0.25, 0.3) is 0 Å². The zero-order chi connectivity index (χ0) is 18.4. The monoisotopic (exact) mass is 378 g/mol. The minimum absolute atomic E-state index is 0.0552. The lowest BCUT2D eigenvalue weighted by Gasteiger charge is -2.25. The molecular formula is C19H23ClN2O4. The maximum Gasteiger partial charge on any atom is 0.322 e. The van der Waals surface area contributed by atoms with Crippen LogP contribution in [0.5, 0.6) is 5.75 Å². The summed E-state index contributed by atoms with van der Waals surface area (Å²) < 4.78 is 16.5. The number of benzene rings is 1. The quantitative estimate of drug-likeness (QED) is 0.767. The fourth-order valence-corrected chi connectivity index (χ4v) is 3.13. The van der Waals surface area contributed by atoms with Crippen LogP contribution in [0.3, 0.4) is 0 Å². The Hall–Kier alpha value is -2.18. The molecule has 2 amide bonds. The number of rotatable bonds is 7. The number of hydrogen-bond acceptors (Lipinski definition) is 4. The Kier molecular flexibility index (Phi) is 6.41. The zero-order valence-electron chi connectivity index (χ0n) is 14.7. The number of urea groups is 1. The van der Waals surface area contributed by atoms with Gasteiger partial charge in [-0.25, -0.2) is 4.79 Å². The maximum atomic E-state index is 12.8. The Labute approximate surface area is 158 Å². The van der Waals surface area contributed by atoms with E-state index in [1.807, 2.05) is 19.1 Å². The second-order valence-electron chi connectivity index (χ2n) is 6.10. The molecule has 1 saturated heterocycles. The molecule has 1 unspecified atom stereocenters. The predicted molar refractivity (Wildman–Crippen MR) is 99.7 cm³/mol. The Morgan fingerprint density at radius 1 is 1.42 bits per heavy atom. The summed E-state index contributed by atoms with van der Waals surface area (Å²) in [4.78, 5) is 14.5. The number of carbonyl (C=O) groups excluding carboxylic acids is 1. The molecule has 2 aromatic rings. The molecule has 1 aromatic heterocycles. The highest BCUT2D eigenvalue weighted by atomic mass is 35.5. The second-order valence-corrected chi connectivity index (χ2v) is 6.51. The summed E-state index contributed by atoms with van der Waals surface area (Å²) in [6.07, 6.45) is 3.63. The molecule has 0 saturated carbocycles. The highest BCUT2D eigenvalue weighted by molar-refractivity contribution is 6.32. The van der Waals surface area contributed by atoms with Crippen LogP contribution in [0.2, 0.25) is 5.02 Å². The van der Waals surface area contributed by atoms with Gasteiger partial charge in [0, 0.05) is 18.8 Å². The van der Waals surface area contributed by atoms with Crippen LogP contribution in [0.25, 0.3) is 0 Å². The van der Waals surface area contributed by atoms with Gasteiger partial charge in [-0.1, -0.05) is 11.6 Å². The lowest BCUT2D eigenvalue weighted by Crippen LogP contribution is -2.39. The molecule has 0 bridgehead atoms. The molecule has 6 nitrogen and oxygen atoms in total. The molecule has 0 aliphatic carbocycles. The number of carbonyl (C=O) groups is 1. The van der Waals surface area contributed by atoms with E-state index in [0.717, 1.165) is 25.2 Å². The first-order valence-electron chi connectivity index (χ1n) is 8.78. The second kappa shape index (κ2) is 8.96. The minimum atomic E-state index is -0.225. The number of halogens is 1. The summed E-state index contributed by atoms with van der Waals surface area (Å²) in [5.74, 6) is 1.32. The number of ether oxygens (including phenoxy) is 2. The van der Waals surface area contributed by atoms with E-state index in [-0.39, 0.29) is 12.1 Å². The van der Waals surface area contributed by atoms with Crippen molar-refractivity contribution in [3.05, 3.63) is 47.4 Å². The summed E-state index contributed by atoms with van der Waals surface area (Å²) >= 11 is 6.20. The fraction of sp³-hybridized carbons (Fsp3) is 0.421. The molecular weight excluding hydrogens is 356 g/mol. The van der Waals surface area contributed by atoms with E-state index < -0.39 is 0 Å². The average molecular weight is 379 g/mol. The van der Waals surface area contributed by atoms with Crippen LogP contribution in [0.1, 0.15) is 25.5 Å². The van der Waals surface area contributed by atoms with Crippen molar-refractivity contribution in [2.24, 2.45) is 0 Å². The molecule has 0 spiro atoms. The van der Waals surface area contributed by atoms with Gasteiger partial charge in [0.1, 0.15) is 11.5 Å². The van der Waals surface area contributed by atoms with Gasteiger partial charge in [-0.3, -0.25) is 0 Å². The van der Waals surface area contributed by atoms with E-state index in [1.54, 1.807) is 29.4 Å². The van der Waals surface area contributed by atoms with Crippen LogP contribution in [-0.2, 0) is 11.3 Å². The maximum absolute atomic E-state index is 12.8. The first-order valence-corrected chi connectivity index (χ1v) is 9.15. The van der Waals surface area contributed by atoms with E-state index >= 15 is 0 Å². The molecule has 1 atom stereocenters. The smallest absolute Gasteiger partial charge is 0.322 e. The summed E-state index contributed by atoms with van der Waals surface area (Å²) in [5.41, 5.74) is 0.611. The third-order valence-electron chi connectivity index (χ3n) is 4.15. The van der Waals surface area contributed by atoms with Gasteiger partial charge in [0.15, 0.2) is 0 Å². The molecule has 2 heterocycles. The highest BCUT2D eigenvalue weighted by Crippen LogP contribution is 2.28. The summed E-state index contributed by atoms with van der Waals surface area (Å²) in [6, 6.07) is 8.64. The molecule has 140 valence electrons. The van der Waals surface area contributed by atoms with E-state index in [0.29, 0.717) is 36.2 Å². The molecule has 1 aromatic carbocycles. The van der Waals surface area contributed by atoms with Crippen LogP contribution < -0.4 is 10.1 Å². The molecule has 1 aliphatic rings. The van der Waals surface area contributed by atoms with E-state index in [9.17, 15) is 4.79 Å². The first-order chi connectivity index (χ1) is 12.7. The Balaban J connectivity index is 1.68. The summed E-state index contributed by atoms with van der Waals surface area (Å²) in [7, 11) is 0. The molecule has 1 N–H and O–H groups in total. The van der Waals surface area contributed by atoms with Gasteiger partial charge < -0.3 is 24.1 Å². The average Bonchev–Trinajstić information content (AvgIpc) is 3.31. The van der Waals surface area contributed by atoms with Gasteiger partial charge >= 0.3 is 6.03 Å². The number of amides is 2. The lowest BCUT2D eigenvalue weighted by atomic mass is 10.2. The summed E-state index contributed by atoms with van der Waals surface area (Å²) in [6.45, 7) is 4.06. The van der Waals surface area contributed by atoms with Gasteiger partial charge in [-0.2, -0.15) is 0 Å². The van der Waals surface area contributed by atoms with Crippen molar-refractivity contribution >= 4 is 23.3 Å². The molecule has 0 radical (unpaired) electrons. The number of hydrogen-bond donors (Lipinski definition) is 1. The SMILES string of the molecule is CCOc1ccc(NC(=O)N(Cc2ccco2)CC2CCCO2)cc1Cl. The van der Waals surface area contributed by atoms with Crippen LogP contribution >= 0.6 is 11.6 Å². The van der Waals surface area contributed by atoms with Crippen molar-refractivity contribution in [3.8, 4) is 5.75 Å². The van der Waals surface area contributed by atoms with E-state index in [1.165, 1.54) is 0 Å². The van der Waals surface area contributed by atoms with Crippen molar-refractivity contribution in [1.29, 1.82) is 0 Å².